The Bertz CT molecular complexity index is 641. The average molecular weight is 286 g/mol. The van der Waals surface area contributed by atoms with Crippen molar-refractivity contribution in [3.63, 3.8) is 0 Å². The summed E-state index contributed by atoms with van der Waals surface area (Å²) in [6.45, 7) is 6.47. The molecule has 0 saturated heterocycles. The molecule has 0 radical (unpaired) electrons. The number of Topliss-reactive ketones (excluding diaryl/α,β-unsaturated/α-hetero) is 1. The number of rotatable bonds is 5. The number of aryl methyl sites for hydroxylation is 1. The number of hydrogen-bond donors (Lipinski definition) is 0. The predicted molar refractivity (Wildman–Crippen MR) is 82.1 cm³/mol. The lowest BCUT2D eigenvalue weighted by Crippen LogP contribution is -2.24. The van der Waals surface area contributed by atoms with E-state index >= 15 is 0 Å². The quantitative estimate of drug-likeness (QED) is 0.785. The zero-order valence-corrected chi connectivity index (χ0v) is 12.6. The van der Waals surface area contributed by atoms with Crippen molar-refractivity contribution < 1.29 is 9.18 Å². The van der Waals surface area contributed by atoms with Crippen LogP contribution in [0.4, 0.5) is 10.1 Å². The Kier molecular flexibility index (Phi) is 4.68. The van der Waals surface area contributed by atoms with E-state index in [-0.39, 0.29) is 11.6 Å². The normalized spacial score (nSPS) is 10.5. The first-order chi connectivity index (χ1) is 10.0. The number of pyridine rings is 1. The van der Waals surface area contributed by atoms with Crippen molar-refractivity contribution in [1.29, 1.82) is 0 Å². The van der Waals surface area contributed by atoms with Gasteiger partial charge in [-0.15, -0.1) is 0 Å². The molecule has 2 rings (SSSR count). The first-order valence-corrected chi connectivity index (χ1v) is 6.99. The second-order valence-corrected chi connectivity index (χ2v) is 5.01. The number of carbonyl (C=O) groups is 1. The van der Waals surface area contributed by atoms with Crippen LogP contribution in [0.25, 0.3) is 0 Å². The Morgan fingerprint density at radius 3 is 2.67 bits per heavy atom. The van der Waals surface area contributed by atoms with Gasteiger partial charge in [-0.25, -0.2) is 4.39 Å². The van der Waals surface area contributed by atoms with Gasteiger partial charge in [-0.3, -0.25) is 9.78 Å². The fraction of sp³-hybridized carbons (Fsp3) is 0.294. The number of carbonyl (C=O) groups excluding carboxylic acids is 1. The van der Waals surface area contributed by atoms with Gasteiger partial charge >= 0.3 is 0 Å². The van der Waals surface area contributed by atoms with Gasteiger partial charge < -0.3 is 4.90 Å². The van der Waals surface area contributed by atoms with Crippen molar-refractivity contribution >= 4 is 11.5 Å². The van der Waals surface area contributed by atoms with Gasteiger partial charge in [0, 0.05) is 24.0 Å². The van der Waals surface area contributed by atoms with Crippen LogP contribution in [0, 0.1) is 12.7 Å². The minimum atomic E-state index is -0.349. The third kappa shape index (κ3) is 3.45. The molecular formula is C17H19FN2O. The molecule has 2 aromatic rings. The van der Waals surface area contributed by atoms with Gasteiger partial charge in [0.05, 0.1) is 12.2 Å². The minimum absolute atomic E-state index is 0.136. The Morgan fingerprint density at radius 1 is 1.33 bits per heavy atom. The van der Waals surface area contributed by atoms with E-state index < -0.39 is 0 Å². The summed E-state index contributed by atoms with van der Waals surface area (Å²) in [5, 5.41) is 0. The topological polar surface area (TPSA) is 33.2 Å². The summed E-state index contributed by atoms with van der Waals surface area (Å²) in [5.41, 5.74) is 2.62. The monoisotopic (exact) mass is 286 g/mol. The van der Waals surface area contributed by atoms with E-state index in [4.69, 9.17) is 0 Å². The van der Waals surface area contributed by atoms with Crippen LogP contribution >= 0.6 is 0 Å². The van der Waals surface area contributed by atoms with Crippen LogP contribution in [-0.4, -0.2) is 17.3 Å². The minimum Gasteiger partial charge on any atom is -0.365 e. The summed E-state index contributed by atoms with van der Waals surface area (Å²) in [4.78, 5) is 18.1. The maximum atomic E-state index is 13.7. The highest BCUT2D eigenvalue weighted by molar-refractivity contribution is 5.99. The van der Waals surface area contributed by atoms with Gasteiger partial charge in [-0.2, -0.15) is 0 Å². The number of benzene rings is 1. The summed E-state index contributed by atoms with van der Waals surface area (Å²) >= 11 is 0. The van der Waals surface area contributed by atoms with Crippen LogP contribution < -0.4 is 4.90 Å². The second-order valence-electron chi connectivity index (χ2n) is 5.01. The molecule has 1 heterocycles. The number of aromatic nitrogens is 1. The summed E-state index contributed by atoms with van der Waals surface area (Å²) in [5.74, 6) is -0.485. The molecule has 0 aliphatic heterocycles. The van der Waals surface area contributed by atoms with Crippen molar-refractivity contribution in [3.8, 4) is 0 Å². The van der Waals surface area contributed by atoms with Gasteiger partial charge in [0.2, 0.25) is 0 Å². The third-order valence-electron chi connectivity index (χ3n) is 3.46. The summed E-state index contributed by atoms with van der Waals surface area (Å²) in [6.07, 6.45) is 1.74. The molecule has 0 atom stereocenters. The Hall–Kier alpha value is -2.23. The first-order valence-electron chi connectivity index (χ1n) is 6.99. The lowest BCUT2D eigenvalue weighted by atomic mass is 10.0. The predicted octanol–water partition coefficient (Wildman–Crippen LogP) is 3.76. The molecule has 21 heavy (non-hydrogen) atoms. The molecule has 0 amide bonds. The van der Waals surface area contributed by atoms with Crippen LogP contribution in [0.3, 0.4) is 0 Å². The van der Waals surface area contributed by atoms with E-state index in [2.05, 4.69) is 4.98 Å². The van der Waals surface area contributed by atoms with Gasteiger partial charge in [0.1, 0.15) is 5.82 Å². The van der Waals surface area contributed by atoms with Crippen LogP contribution in [0.5, 0.6) is 0 Å². The largest absolute Gasteiger partial charge is 0.365 e. The van der Waals surface area contributed by atoms with Gasteiger partial charge in [-0.1, -0.05) is 6.07 Å². The smallest absolute Gasteiger partial charge is 0.161 e. The summed E-state index contributed by atoms with van der Waals surface area (Å²) in [6, 6.07) is 8.79. The molecule has 1 aromatic carbocycles. The number of anilines is 1. The summed E-state index contributed by atoms with van der Waals surface area (Å²) < 4.78 is 13.7. The number of halogens is 1. The third-order valence-corrected chi connectivity index (χ3v) is 3.46. The maximum absolute atomic E-state index is 13.7. The zero-order valence-electron chi connectivity index (χ0n) is 12.6. The van der Waals surface area contributed by atoms with Crippen molar-refractivity contribution in [2.75, 3.05) is 11.4 Å². The molecule has 0 bridgehead atoms. The second kappa shape index (κ2) is 6.48. The highest BCUT2D eigenvalue weighted by atomic mass is 19.1. The van der Waals surface area contributed by atoms with Crippen LogP contribution in [0.15, 0.2) is 36.5 Å². The van der Waals surface area contributed by atoms with E-state index in [1.807, 2.05) is 30.0 Å². The van der Waals surface area contributed by atoms with Crippen molar-refractivity contribution in [2.24, 2.45) is 0 Å². The molecule has 0 N–H and O–H groups in total. The Labute approximate surface area is 124 Å². The molecule has 0 saturated carbocycles. The SMILES string of the molecule is CCN(Cc1ccccn1)c1cc(C)c(F)cc1C(C)=O. The molecule has 0 spiro atoms. The van der Waals surface area contributed by atoms with Gasteiger partial charge in [0.25, 0.3) is 0 Å². The highest BCUT2D eigenvalue weighted by Crippen LogP contribution is 2.26. The standard InChI is InChI=1S/C17H19FN2O/c1-4-20(11-14-7-5-6-8-19-14)17-9-12(2)16(18)10-15(17)13(3)21/h5-10H,4,11H2,1-3H3. The van der Waals surface area contributed by atoms with E-state index in [9.17, 15) is 9.18 Å². The molecule has 4 heteroatoms. The Balaban J connectivity index is 2.42. The van der Waals surface area contributed by atoms with Gasteiger partial charge in [0.15, 0.2) is 5.78 Å². The van der Waals surface area contributed by atoms with Crippen molar-refractivity contribution in [1.82, 2.24) is 4.98 Å². The molecule has 3 nitrogen and oxygen atoms in total. The lowest BCUT2D eigenvalue weighted by molar-refractivity contribution is 0.101. The van der Waals surface area contributed by atoms with Gasteiger partial charge in [-0.05, 0) is 50.6 Å². The molecule has 110 valence electrons. The number of ketones is 1. The number of hydrogen-bond acceptors (Lipinski definition) is 3. The summed E-state index contributed by atoms with van der Waals surface area (Å²) in [7, 11) is 0. The average Bonchev–Trinajstić information content (AvgIpc) is 2.48. The molecule has 0 unspecified atom stereocenters. The van der Waals surface area contributed by atoms with Crippen molar-refractivity contribution in [2.45, 2.75) is 27.3 Å². The van der Waals surface area contributed by atoms with E-state index in [1.165, 1.54) is 13.0 Å². The fourth-order valence-corrected chi connectivity index (χ4v) is 2.26. The zero-order chi connectivity index (χ0) is 15.4. The highest BCUT2D eigenvalue weighted by Gasteiger charge is 2.16. The maximum Gasteiger partial charge on any atom is 0.161 e. The molecule has 0 fully saturated rings. The van der Waals surface area contributed by atoms with Crippen LogP contribution in [0.1, 0.15) is 35.5 Å². The van der Waals surface area contributed by atoms with E-state index in [1.54, 1.807) is 19.2 Å². The first kappa shape index (κ1) is 15.2. The van der Waals surface area contributed by atoms with E-state index in [0.717, 1.165) is 11.4 Å². The molecule has 0 aliphatic carbocycles. The van der Waals surface area contributed by atoms with Crippen LogP contribution in [-0.2, 0) is 6.54 Å². The molecular weight excluding hydrogens is 267 g/mol. The fourth-order valence-electron chi connectivity index (χ4n) is 2.26. The van der Waals surface area contributed by atoms with E-state index in [0.29, 0.717) is 24.2 Å². The van der Waals surface area contributed by atoms with Crippen molar-refractivity contribution in [3.05, 3.63) is 59.2 Å². The number of nitrogens with zero attached hydrogens (tertiary/aromatic N) is 2. The van der Waals surface area contributed by atoms with Crippen LogP contribution in [0.2, 0.25) is 0 Å². The Morgan fingerprint density at radius 2 is 2.10 bits per heavy atom. The molecule has 1 aromatic heterocycles. The lowest BCUT2D eigenvalue weighted by Gasteiger charge is -2.25. The molecule has 0 aliphatic rings.